The predicted molar refractivity (Wildman–Crippen MR) is 80.5 cm³/mol. The van der Waals surface area contributed by atoms with E-state index in [-0.39, 0.29) is 11.9 Å². The first-order valence-electron chi connectivity index (χ1n) is 6.39. The molecule has 0 bridgehead atoms. The summed E-state index contributed by atoms with van der Waals surface area (Å²) in [4.78, 5) is 13.9. The fourth-order valence-corrected chi connectivity index (χ4v) is 2.26. The highest BCUT2D eigenvalue weighted by atomic mass is 35.5. The number of rotatable bonds is 5. The third kappa shape index (κ3) is 4.10. The fraction of sp³-hybridized carbons (Fsp3) is 0.500. The maximum Gasteiger partial charge on any atom is 0.239 e. The molecule has 0 spiro atoms. The summed E-state index contributed by atoms with van der Waals surface area (Å²) < 4.78 is 0. The van der Waals surface area contributed by atoms with Crippen LogP contribution in [0, 0.1) is 0 Å². The molecule has 0 fully saturated rings. The van der Waals surface area contributed by atoms with Crippen molar-refractivity contribution in [3.8, 4) is 0 Å². The summed E-state index contributed by atoms with van der Waals surface area (Å²) in [6.45, 7) is 6.37. The highest BCUT2D eigenvalue weighted by Gasteiger charge is 2.23. The SMILES string of the molecule is CCCN(C(=O)[C@H](C)N)C(C)c1ccc(Cl)c(Cl)c1. The number of benzene rings is 1. The van der Waals surface area contributed by atoms with Crippen LogP contribution in [-0.2, 0) is 4.79 Å². The summed E-state index contributed by atoms with van der Waals surface area (Å²) in [7, 11) is 0. The van der Waals surface area contributed by atoms with E-state index in [1.54, 1.807) is 24.0 Å². The molecule has 106 valence electrons. The summed E-state index contributed by atoms with van der Waals surface area (Å²) in [5.74, 6) is -0.0552. The monoisotopic (exact) mass is 302 g/mol. The molecule has 19 heavy (non-hydrogen) atoms. The summed E-state index contributed by atoms with van der Waals surface area (Å²) >= 11 is 11.9. The molecule has 2 atom stereocenters. The number of carbonyl (C=O) groups excluding carboxylic acids is 1. The maximum absolute atomic E-state index is 12.1. The summed E-state index contributed by atoms with van der Waals surface area (Å²) in [6, 6.07) is 4.85. The number of carbonyl (C=O) groups is 1. The summed E-state index contributed by atoms with van der Waals surface area (Å²) in [6.07, 6.45) is 0.879. The first kappa shape index (κ1) is 16.3. The Balaban J connectivity index is 3.01. The molecule has 0 heterocycles. The zero-order valence-corrected chi connectivity index (χ0v) is 13.0. The molecule has 1 amide bonds. The molecule has 0 radical (unpaired) electrons. The second kappa shape index (κ2) is 7.13. The number of amides is 1. The van der Waals surface area contributed by atoms with Gasteiger partial charge in [-0.05, 0) is 38.0 Å². The van der Waals surface area contributed by atoms with Crippen LogP contribution in [0.3, 0.4) is 0 Å². The number of nitrogens with zero attached hydrogens (tertiary/aromatic N) is 1. The zero-order chi connectivity index (χ0) is 14.6. The van der Waals surface area contributed by atoms with E-state index in [2.05, 4.69) is 0 Å². The van der Waals surface area contributed by atoms with Crippen LogP contribution in [0.4, 0.5) is 0 Å². The zero-order valence-electron chi connectivity index (χ0n) is 11.5. The van der Waals surface area contributed by atoms with Gasteiger partial charge in [-0.25, -0.2) is 0 Å². The van der Waals surface area contributed by atoms with Crippen LogP contribution in [0.15, 0.2) is 18.2 Å². The Labute approximate surface area is 124 Å². The minimum Gasteiger partial charge on any atom is -0.335 e. The lowest BCUT2D eigenvalue weighted by Crippen LogP contribution is -2.43. The van der Waals surface area contributed by atoms with E-state index in [1.807, 2.05) is 19.9 Å². The van der Waals surface area contributed by atoms with E-state index >= 15 is 0 Å². The van der Waals surface area contributed by atoms with Gasteiger partial charge in [0.05, 0.1) is 22.1 Å². The van der Waals surface area contributed by atoms with E-state index in [9.17, 15) is 4.79 Å². The van der Waals surface area contributed by atoms with Crippen molar-refractivity contribution in [2.45, 2.75) is 39.3 Å². The molecule has 1 unspecified atom stereocenters. The van der Waals surface area contributed by atoms with Gasteiger partial charge in [-0.1, -0.05) is 36.2 Å². The van der Waals surface area contributed by atoms with Gasteiger partial charge in [-0.15, -0.1) is 0 Å². The molecule has 0 saturated carbocycles. The van der Waals surface area contributed by atoms with Gasteiger partial charge >= 0.3 is 0 Å². The lowest BCUT2D eigenvalue weighted by molar-refractivity contribution is -0.134. The number of halogens is 2. The number of nitrogens with two attached hydrogens (primary N) is 1. The van der Waals surface area contributed by atoms with Crippen LogP contribution in [-0.4, -0.2) is 23.4 Å². The van der Waals surface area contributed by atoms with Gasteiger partial charge < -0.3 is 10.6 Å². The number of hydrogen-bond donors (Lipinski definition) is 1. The third-order valence-corrected chi connectivity index (χ3v) is 3.77. The molecule has 0 saturated heterocycles. The number of hydrogen-bond acceptors (Lipinski definition) is 2. The normalized spacial score (nSPS) is 14.0. The van der Waals surface area contributed by atoms with Crippen molar-refractivity contribution in [3.05, 3.63) is 33.8 Å². The topological polar surface area (TPSA) is 46.3 Å². The first-order chi connectivity index (χ1) is 8.88. The minimum absolute atomic E-state index is 0.0552. The lowest BCUT2D eigenvalue weighted by atomic mass is 10.1. The highest BCUT2D eigenvalue weighted by Crippen LogP contribution is 2.28. The van der Waals surface area contributed by atoms with Crippen molar-refractivity contribution < 1.29 is 4.79 Å². The van der Waals surface area contributed by atoms with Crippen LogP contribution in [0.25, 0.3) is 0 Å². The Morgan fingerprint density at radius 3 is 2.42 bits per heavy atom. The van der Waals surface area contributed by atoms with Crippen molar-refractivity contribution >= 4 is 29.1 Å². The molecule has 1 aromatic carbocycles. The molecule has 3 nitrogen and oxygen atoms in total. The van der Waals surface area contributed by atoms with Gasteiger partial charge in [0, 0.05) is 6.54 Å². The van der Waals surface area contributed by atoms with Gasteiger partial charge in [-0.3, -0.25) is 4.79 Å². The molecular formula is C14H20Cl2N2O. The van der Waals surface area contributed by atoms with Crippen LogP contribution in [0.5, 0.6) is 0 Å². The molecule has 5 heteroatoms. The highest BCUT2D eigenvalue weighted by molar-refractivity contribution is 6.42. The Bertz CT molecular complexity index is 449. The van der Waals surface area contributed by atoms with E-state index in [1.165, 1.54) is 0 Å². The molecule has 1 aromatic rings. The smallest absolute Gasteiger partial charge is 0.239 e. The molecule has 1 rings (SSSR count). The van der Waals surface area contributed by atoms with Crippen LogP contribution in [0.1, 0.15) is 38.8 Å². The van der Waals surface area contributed by atoms with Crippen LogP contribution in [0.2, 0.25) is 10.0 Å². The average Bonchev–Trinajstić information content (AvgIpc) is 2.37. The van der Waals surface area contributed by atoms with E-state index in [0.29, 0.717) is 16.6 Å². The standard InChI is InChI=1S/C14H20Cl2N2O/c1-4-7-18(14(19)9(2)17)10(3)11-5-6-12(15)13(16)8-11/h5-6,8-10H,4,7,17H2,1-3H3/t9-,10?/m0/s1. The minimum atomic E-state index is -0.503. The molecule has 0 aliphatic rings. The Morgan fingerprint density at radius 2 is 1.95 bits per heavy atom. The van der Waals surface area contributed by atoms with E-state index in [0.717, 1.165) is 12.0 Å². The van der Waals surface area contributed by atoms with Crippen molar-refractivity contribution in [2.24, 2.45) is 5.73 Å². The third-order valence-electron chi connectivity index (χ3n) is 3.03. The largest absolute Gasteiger partial charge is 0.335 e. The Kier molecular flexibility index (Phi) is 6.11. The van der Waals surface area contributed by atoms with Crippen molar-refractivity contribution in [1.82, 2.24) is 4.90 Å². The van der Waals surface area contributed by atoms with E-state index in [4.69, 9.17) is 28.9 Å². The molecular weight excluding hydrogens is 283 g/mol. The predicted octanol–water partition coefficient (Wildman–Crippen LogP) is 3.64. The lowest BCUT2D eigenvalue weighted by Gasteiger charge is -2.31. The van der Waals surface area contributed by atoms with Crippen LogP contribution >= 0.6 is 23.2 Å². The molecule has 2 N–H and O–H groups in total. The average molecular weight is 303 g/mol. The second-order valence-electron chi connectivity index (χ2n) is 4.67. The van der Waals surface area contributed by atoms with E-state index < -0.39 is 6.04 Å². The molecule has 0 aromatic heterocycles. The van der Waals surface area contributed by atoms with Gasteiger partial charge in [0.15, 0.2) is 0 Å². The van der Waals surface area contributed by atoms with Crippen molar-refractivity contribution in [2.75, 3.05) is 6.54 Å². The molecule has 0 aliphatic heterocycles. The van der Waals surface area contributed by atoms with Gasteiger partial charge in [0.1, 0.15) is 0 Å². The van der Waals surface area contributed by atoms with Crippen LogP contribution < -0.4 is 5.73 Å². The van der Waals surface area contributed by atoms with Gasteiger partial charge in [0.2, 0.25) is 5.91 Å². The van der Waals surface area contributed by atoms with Crippen molar-refractivity contribution in [3.63, 3.8) is 0 Å². The van der Waals surface area contributed by atoms with Crippen molar-refractivity contribution in [1.29, 1.82) is 0 Å². The Hall–Kier alpha value is -0.770. The van der Waals surface area contributed by atoms with Gasteiger partial charge in [0.25, 0.3) is 0 Å². The first-order valence-corrected chi connectivity index (χ1v) is 7.15. The quantitative estimate of drug-likeness (QED) is 0.902. The Morgan fingerprint density at radius 1 is 1.32 bits per heavy atom. The second-order valence-corrected chi connectivity index (χ2v) is 5.48. The maximum atomic E-state index is 12.1. The summed E-state index contributed by atoms with van der Waals surface area (Å²) in [5.41, 5.74) is 6.65. The summed E-state index contributed by atoms with van der Waals surface area (Å²) in [5, 5.41) is 1.01. The fourth-order valence-electron chi connectivity index (χ4n) is 1.95. The van der Waals surface area contributed by atoms with Gasteiger partial charge in [-0.2, -0.15) is 0 Å². The molecule has 0 aliphatic carbocycles.